The SMILES string of the molecule is N[C@@H]1CCC[C@H]1CC(=O)N1CCC(OC2CCCC2)CC1. The largest absolute Gasteiger partial charge is 0.375 e. The van der Waals surface area contributed by atoms with Crippen LogP contribution in [0.25, 0.3) is 0 Å². The molecule has 0 aromatic rings. The van der Waals surface area contributed by atoms with Gasteiger partial charge in [-0.15, -0.1) is 0 Å². The maximum absolute atomic E-state index is 12.4. The molecule has 0 aromatic carbocycles. The molecule has 4 heteroatoms. The molecule has 1 amide bonds. The van der Waals surface area contributed by atoms with E-state index < -0.39 is 0 Å². The van der Waals surface area contributed by atoms with Crippen LogP contribution in [-0.2, 0) is 9.53 Å². The fourth-order valence-electron chi connectivity index (χ4n) is 4.21. The highest BCUT2D eigenvalue weighted by Gasteiger charge is 2.30. The quantitative estimate of drug-likeness (QED) is 0.866. The van der Waals surface area contributed by atoms with Gasteiger partial charge in [0.25, 0.3) is 0 Å². The number of ether oxygens (including phenoxy) is 1. The van der Waals surface area contributed by atoms with Gasteiger partial charge in [0.05, 0.1) is 12.2 Å². The second kappa shape index (κ2) is 7.10. The van der Waals surface area contributed by atoms with Crippen molar-refractivity contribution < 1.29 is 9.53 Å². The molecule has 0 unspecified atom stereocenters. The van der Waals surface area contributed by atoms with Crippen LogP contribution >= 0.6 is 0 Å². The highest BCUT2D eigenvalue weighted by Crippen LogP contribution is 2.29. The lowest BCUT2D eigenvalue weighted by Crippen LogP contribution is -2.43. The normalized spacial score (nSPS) is 32.0. The molecule has 2 aliphatic carbocycles. The van der Waals surface area contributed by atoms with Crippen LogP contribution in [0.2, 0.25) is 0 Å². The monoisotopic (exact) mass is 294 g/mol. The van der Waals surface area contributed by atoms with Crippen LogP contribution in [-0.4, -0.2) is 42.1 Å². The van der Waals surface area contributed by atoms with E-state index in [2.05, 4.69) is 0 Å². The van der Waals surface area contributed by atoms with E-state index in [1.807, 2.05) is 4.90 Å². The van der Waals surface area contributed by atoms with E-state index in [-0.39, 0.29) is 6.04 Å². The first-order valence-electron chi connectivity index (χ1n) is 8.91. The predicted octanol–water partition coefficient (Wildman–Crippen LogP) is 2.45. The Hall–Kier alpha value is -0.610. The lowest BCUT2D eigenvalue weighted by atomic mass is 9.98. The molecule has 3 aliphatic rings. The number of piperidine rings is 1. The first kappa shape index (κ1) is 15.3. The van der Waals surface area contributed by atoms with Gasteiger partial charge in [0.1, 0.15) is 0 Å². The van der Waals surface area contributed by atoms with E-state index in [9.17, 15) is 4.79 Å². The minimum atomic E-state index is 0.247. The van der Waals surface area contributed by atoms with E-state index >= 15 is 0 Å². The second-order valence-electron chi connectivity index (χ2n) is 7.18. The zero-order valence-corrected chi connectivity index (χ0v) is 13.1. The Kier molecular flexibility index (Phi) is 5.17. The summed E-state index contributed by atoms with van der Waals surface area (Å²) in [7, 11) is 0. The molecule has 3 rings (SSSR count). The van der Waals surface area contributed by atoms with Crippen LogP contribution in [0.3, 0.4) is 0 Å². The standard InChI is InChI=1S/C17H30N2O2/c18-16-7-3-4-13(16)12-17(20)19-10-8-15(9-11-19)21-14-5-1-2-6-14/h13-16H,1-12,18H2/t13-,16+/m0/s1. The maximum Gasteiger partial charge on any atom is 0.222 e. The maximum atomic E-state index is 12.4. The number of hydrogen-bond acceptors (Lipinski definition) is 3. The van der Waals surface area contributed by atoms with Crippen LogP contribution < -0.4 is 5.73 Å². The first-order valence-corrected chi connectivity index (χ1v) is 8.91. The molecule has 0 spiro atoms. The van der Waals surface area contributed by atoms with E-state index in [1.165, 1.54) is 32.1 Å². The topological polar surface area (TPSA) is 55.6 Å². The number of carbonyl (C=O) groups is 1. The molecule has 0 bridgehead atoms. The van der Waals surface area contributed by atoms with Crippen LogP contribution in [0, 0.1) is 5.92 Å². The number of amides is 1. The Labute approximate surface area is 128 Å². The number of nitrogens with zero attached hydrogens (tertiary/aromatic N) is 1. The minimum absolute atomic E-state index is 0.247. The number of carbonyl (C=O) groups excluding carboxylic acids is 1. The summed E-state index contributed by atoms with van der Waals surface area (Å²) in [4.78, 5) is 14.4. The van der Waals surface area contributed by atoms with Crippen molar-refractivity contribution in [3.8, 4) is 0 Å². The number of likely N-dealkylation sites (tertiary alicyclic amines) is 1. The molecule has 0 aromatic heterocycles. The molecule has 1 heterocycles. The molecule has 120 valence electrons. The van der Waals surface area contributed by atoms with E-state index in [4.69, 9.17) is 10.5 Å². The summed E-state index contributed by atoms with van der Waals surface area (Å²) in [5.41, 5.74) is 6.08. The summed E-state index contributed by atoms with van der Waals surface area (Å²) < 4.78 is 6.17. The Morgan fingerprint density at radius 3 is 2.24 bits per heavy atom. The Bertz CT molecular complexity index is 347. The fraction of sp³-hybridized carbons (Fsp3) is 0.941. The molecule has 2 atom stereocenters. The highest BCUT2D eigenvalue weighted by molar-refractivity contribution is 5.76. The van der Waals surface area contributed by atoms with Crippen molar-refractivity contribution in [3.63, 3.8) is 0 Å². The van der Waals surface area contributed by atoms with Crippen LogP contribution in [0.15, 0.2) is 0 Å². The van der Waals surface area contributed by atoms with Gasteiger partial charge in [-0.05, 0) is 44.4 Å². The summed E-state index contributed by atoms with van der Waals surface area (Å²) in [5, 5.41) is 0. The molecule has 1 saturated heterocycles. The van der Waals surface area contributed by atoms with Gasteiger partial charge < -0.3 is 15.4 Å². The molecule has 1 aliphatic heterocycles. The van der Waals surface area contributed by atoms with Crippen LogP contribution in [0.5, 0.6) is 0 Å². The van der Waals surface area contributed by atoms with Crippen molar-refractivity contribution in [2.75, 3.05) is 13.1 Å². The van der Waals surface area contributed by atoms with Crippen LogP contribution in [0.4, 0.5) is 0 Å². The van der Waals surface area contributed by atoms with Crippen molar-refractivity contribution in [3.05, 3.63) is 0 Å². The third kappa shape index (κ3) is 3.98. The molecule has 3 fully saturated rings. The first-order chi connectivity index (χ1) is 10.2. The molecular formula is C17H30N2O2. The molecule has 2 saturated carbocycles. The predicted molar refractivity (Wildman–Crippen MR) is 82.9 cm³/mol. The van der Waals surface area contributed by atoms with Crippen molar-refractivity contribution in [2.45, 2.75) is 82.5 Å². The Morgan fingerprint density at radius 2 is 1.62 bits per heavy atom. The summed E-state index contributed by atoms with van der Waals surface area (Å²) in [6.45, 7) is 1.75. The van der Waals surface area contributed by atoms with Gasteiger partial charge in [-0.3, -0.25) is 4.79 Å². The van der Waals surface area contributed by atoms with Gasteiger partial charge in [-0.1, -0.05) is 19.3 Å². The molecule has 0 radical (unpaired) electrons. The molecule has 21 heavy (non-hydrogen) atoms. The van der Waals surface area contributed by atoms with E-state index in [0.717, 1.165) is 38.8 Å². The van der Waals surface area contributed by atoms with Gasteiger partial charge in [0.15, 0.2) is 0 Å². The summed E-state index contributed by atoms with van der Waals surface area (Å²) in [6.07, 6.45) is 12.1. The van der Waals surface area contributed by atoms with Crippen molar-refractivity contribution in [1.29, 1.82) is 0 Å². The second-order valence-corrected chi connectivity index (χ2v) is 7.18. The summed E-state index contributed by atoms with van der Waals surface area (Å²) >= 11 is 0. The average molecular weight is 294 g/mol. The Morgan fingerprint density at radius 1 is 0.952 bits per heavy atom. The number of nitrogens with two attached hydrogens (primary N) is 1. The van der Waals surface area contributed by atoms with Crippen LogP contribution in [0.1, 0.15) is 64.2 Å². The zero-order valence-electron chi connectivity index (χ0n) is 13.1. The molecular weight excluding hydrogens is 264 g/mol. The van der Waals surface area contributed by atoms with E-state index in [0.29, 0.717) is 30.5 Å². The minimum Gasteiger partial charge on any atom is -0.375 e. The average Bonchev–Trinajstić information content (AvgIpc) is 3.12. The fourth-order valence-corrected chi connectivity index (χ4v) is 4.21. The van der Waals surface area contributed by atoms with Crippen molar-refractivity contribution >= 4 is 5.91 Å². The van der Waals surface area contributed by atoms with Gasteiger partial charge in [0, 0.05) is 25.6 Å². The lowest BCUT2D eigenvalue weighted by molar-refractivity contribution is -0.135. The smallest absolute Gasteiger partial charge is 0.222 e. The lowest BCUT2D eigenvalue weighted by Gasteiger charge is -2.34. The third-order valence-corrected chi connectivity index (χ3v) is 5.64. The highest BCUT2D eigenvalue weighted by atomic mass is 16.5. The van der Waals surface area contributed by atoms with Gasteiger partial charge in [0.2, 0.25) is 5.91 Å². The van der Waals surface area contributed by atoms with Crippen molar-refractivity contribution in [2.24, 2.45) is 11.7 Å². The van der Waals surface area contributed by atoms with E-state index in [1.54, 1.807) is 0 Å². The summed E-state index contributed by atoms with van der Waals surface area (Å²) in [5.74, 6) is 0.738. The zero-order chi connectivity index (χ0) is 14.7. The van der Waals surface area contributed by atoms with Crippen molar-refractivity contribution in [1.82, 2.24) is 4.90 Å². The Balaban J connectivity index is 1.39. The van der Waals surface area contributed by atoms with Gasteiger partial charge in [-0.2, -0.15) is 0 Å². The molecule has 2 N–H and O–H groups in total. The third-order valence-electron chi connectivity index (χ3n) is 5.64. The number of rotatable bonds is 4. The van der Waals surface area contributed by atoms with Gasteiger partial charge in [-0.25, -0.2) is 0 Å². The molecule has 4 nitrogen and oxygen atoms in total. The van der Waals surface area contributed by atoms with Gasteiger partial charge >= 0.3 is 0 Å². The number of hydrogen-bond donors (Lipinski definition) is 1. The summed E-state index contributed by atoms with van der Waals surface area (Å²) in [6, 6.07) is 0.247.